The number of nitrogens with zero attached hydrogens (tertiary/aromatic N) is 3. The molecular weight excluding hydrogens is 520 g/mol. The minimum atomic E-state index is -3.83. The molecule has 2 heterocycles. The summed E-state index contributed by atoms with van der Waals surface area (Å²) in [6.45, 7) is 9.68. The number of allylic oxidation sites excluding steroid dienone is 1. The van der Waals surface area contributed by atoms with E-state index in [1.807, 2.05) is 18.2 Å². The second-order valence-electron chi connectivity index (χ2n) is 11.2. The second kappa shape index (κ2) is 11.5. The number of benzene rings is 1. The van der Waals surface area contributed by atoms with Gasteiger partial charge < -0.3 is 19.4 Å². The Labute approximate surface area is 230 Å². The average molecular weight is 559 g/mol. The van der Waals surface area contributed by atoms with Crippen LogP contribution < -0.4 is 9.62 Å². The van der Waals surface area contributed by atoms with Gasteiger partial charge in [0.1, 0.15) is 5.82 Å². The van der Waals surface area contributed by atoms with E-state index in [1.165, 1.54) is 24.4 Å². The molecule has 2 aromatic rings. The van der Waals surface area contributed by atoms with Gasteiger partial charge in [0.05, 0.1) is 27.7 Å². The maximum atomic E-state index is 13.4. The van der Waals surface area contributed by atoms with Crippen molar-refractivity contribution in [3.05, 3.63) is 47.2 Å². The fourth-order valence-corrected chi connectivity index (χ4v) is 6.13. The van der Waals surface area contributed by atoms with E-state index in [4.69, 9.17) is 14.5 Å². The molecule has 39 heavy (non-hydrogen) atoms. The first kappa shape index (κ1) is 28.8. The minimum Gasteiger partial charge on any atom is -0.456 e. The van der Waals surface area contributed by atoms with E-state index in [1.54, 1.807) is 12.2 Å². The van der Waals surface area contributed by atoms with Gasteiger partial charge in [0.15, 0.2) is 6.61 Å². The zero-order valence-electron chi connectivity index (χ0n) is 23.3. The number of amides is 1. The van der Waals surface area contributed by atoms with Crippen molar-refractivity contribution < 1.29 is 27.5 Å². The van der Waals surface area contributed by atoms with Gasteiger partial charge in [-0.2, -0.15) is 0 Å². The molecule has 1 saturated heterocycles. The zero-order valence-corrected chi connectivity index (χ0v) is 24.1. The molecule has 10 nitrogen and oxygen atoms in total. The Morgan fingerprint density at radius 1 is 1.23 bits per heavy atom. The summed E-state index contributed by atoms with van der Waals surface area (Å²) in [6.07, 6.45) is 7.04. The van der Waals surface area contributed by atoms with Crippen LogP contribution in [0.5, 0.6) is 0 Å². The Hall–Kier alpha value is -3.18. The number of carbonyl (C=O) groups is 2. The molecule has 1 N–H and O–H groups in total. The van der Waals surface area contributed by atoms with Crippen molar-refractivity contribution in [3.8, 4) is 0 Å². The molecule has 1 amide bonds. The molecule has 11 heteroatoms. The summed E-state index contributed by atoms with van der Waals surface area (Å²) >= 11 is 0. The monoisotopic (exact) mass is 558 g/mol. The molecule has 0 saturated carbocycles. The van der Waals surface area contributed by atoms with Crippen molar-refractivity contribution in [2.45, 2.75) is 65.0 Å². The van der Waals surface area contributed by atoms with Crippen LogP contribution in [0.2, 0.25) is 0 Å². The lowest BCUT2D eigenvalue weighted by Gasteiger charge is -2.26. The van der Waals surface area contributed by atoms with Gasteiger partial charge in [-0.25, -0.2) is 13.4 Å². The average Bonchev–Trinajstić information content (AvgIpc) is 3.26. The summed E-state index contributed by atoms with van der Waals surface area (Å²) in [7, 11) is -2.30. The number of anilines is 1. The highest BCUT2D eigenvalue weighted by atomic mass is 32.2. The molecule has 0 bridgehead atoms. The van der Waals surface area contributed by atoms with E-state index >= 15 is 0 Å². The molecule has 212 valence electrons. The van der Waals surface area contributed by atoms with E-state index in [9.17, 15) is 18.0 Å². The first-order valence-electron chi connectivity index (χ1n) is 13.2. The first-order chi connectivity index (χ1) is 18.4. The summed E-state index contributed by atoms with van der Waals surface area (Å²) in [5.41, 5.74) is 2.09. The summed E-state index contributed by atoms with van der Waals surface area (Å²) in [5, 5.41) is 2.70. The number of fused-ring (bicyclic) bond motifs is 1. The van der Waals surface area contributed by atoms with Gasteiger partial charge >= 0.3 is 5.97 Å². The number of nitrogens with one attached hydrogen (secondary N) is 1. The van der Waals surface area contributed by atoms with Crippen LogP contribution in [0, 0.1) is 5.92 Å². The van der Waals surface area contributed by atoms with Crippen LogP contribution in [0.4, 0.5) is 5.69 Å². The molecule has 0 radical (unpaired) electrons. The number of carbonyl (C=O) groups excluding carboxylic acids is 2. The third kappa shape index (κ3) is 6.70. The molecular formula is C28H38N4O6S. The number of sulfonamides is 1. The van der Waals surface area contributed by atoms with Crippen molar-refractivity contribution in [1.29, 1.82) is 0 Å². The van der Waals surface area contributed by atoms with Gasteiger partial charge in [-0.05, 0) is 49.5 Å². The SMILES string of the molecule is CC(=O)OCC(=O)NC1C=CC(S(=O)(=O)N(C)c2ccc3c(c2)nc(C(C)(C)C)n3CC2CCOCC2)=CC1. The Morgan fingerprint density at radius 2 is 1.95 bits per heavy atom. The predicted octanol–water partition coefficient (Wildman–Crippen LogP) is 3.42. The van der Waals surface area contributed by atoms with E-state index in [0.717, 1.165) is 49.5 Å². The lowest BCUT2D eigenvalue weighted by molar-refractivity contribution is -0.146. The van der Waals surface area contributed by atoms with Crippen LogP contribution in [0.1, 0.15) is 52.8 Å². The van der Waals surface area contributed by atoms with Crippen LogP contribution in [0.15, 0.2) is 41.3 Å². The first-order valence-corrected chi connectivity index (χ1v) is 14.7. The van der Waals surface area contributed by atoms with Crippen molar-refractivity contribution in [2.24, 2.45) is 5.92 Å². The summed E-state index contributed by atoms with van der Waals surface area (Å²) < 4.78 is 40.7. The van der Waals surface area contributed by atoms with Crippen LogP contribution >= 0.6 is 0 Å². The molecule has 0 spiro atoms. The summed E-state index contributed by atoms with van der Waals surface area (Å²) in [5.74, 6) is 0.502. The molecule has 1 unspecified atom stereocenters. The predicted molar refractivity (Wildman–Crippen MR) is 150 cm³/mol. The smallest absolute Gasteiger partial charge is 0.303 e. The minimum absolute atomic E-state index is 0.149. The molecule has 1 aliphatic heterocycles. The quantitative estimate of drug-likeness (QED) is 0.493. The highest BCUT2D eigenvalue weighted by molar-refractivity contribution is 7.96. The lowest BCUT2D eigenvalue weighted by Crippen LogP contribution is -2.37. The number of aromatic nitrogens is 2. The van der Waals surface area contributed by atoms with E-state index < -0.39 is 21.9 Å². The Bertz CT molecular complexity index is 1400. The van der Waals surface area contributed by atoms with Crippen molar-refractivity contribution in [3.63, 3.8) is 0 Å². The third-order valence-corrected chi connectivity index (χ3v) is 8.86. The summed E-state index contributed by atoms with van der Waals surface area (Å²) in [4.78, 5) is 27.9. The van der Waals surface area contributed by atoms with E-state index in [0.29, 0.717) is 18.0 Å². The molecule has 4 rings (SSSR count). The number of ether oxygens (including phenoxy) is 2. The Kier molecular flexibility index (Phi) is 8.51. The molecule has 1 aliphatic carbocycles. The molecule has 2 aliphatic rings. The number of hydrogen-bond donors (Lipinski definition) is 1. The van der Waals surface area contributed by atoms with Gasteiger partial charge in [-0.15, -0.1) is 0 Å². The van der Waals surface area contributed by atoms with Crippen LogP contribution in [0.3, 0.4) is 0 Å². The van der Waals surface area contributed by atoms with E-state index in [2.05, 4.69) is 30.7 Å². The van der Waals surface area contributed by atoms with Gasteiger partial charge in [0, 0.05) is 39.1 Å². The fourth-order valence-electron chi connectivity index (χ4n) is 4.87. The lowest BCUT2D eigenvalue weighted by atomic mass is 9.94. The van der Waals surface area contributed by atoms with Crippen LogP contribution in [0.25, 0.3) is 11.0 Å². The number of rotatable bonds is 8. The van der Waals surface area contributed by atoms with Gasteiger partial charge in [-0.3, -0.25) is 13.9 Å². The van der Waals surface area contributed by atoms with Crippen LogP contribution in [-0.2, 0) is 41.0 Å². The van der Waals surface area contributed by atoms with Crippen molar-refractivity contribution in [1.82, 2.24) is 14.9 Å². The maximum absolute atomic E-state index is 13.4. The standard InChI is InChI=1S/C28H38N4O6S/c1-19(33)38-18-26(34)29-21-6-9-23(10-7-21)39(35,36)31(5)22-8-11-25-24(16-22)30-27(28(2,3)4)32(25)17-20-12-14-37-15-13-20/h6,8-11,16,20-21H,7,12-15,17-18H2,1-5H3,(H,29,34). The Balaban J connectivity index is 1.53. The van der Waals surface area contributed by atoms with Gasteiger partial charge in [0.25, 0.3) is 15.9 Å². The highest BCUT2D eigenvalue weighted by Gasteiger charge is 2.28. The third-order valence-electron chi connectivity index (χ3n) is 7.02. The normalized spacial score (nSPS) is 18.6. The second-order valence-corrected chi connectivity index (χ2v) is 13.1. The Morgan fingerprint density at radius 3 is 2.56 bits per heavy atom. The zero-order chi connectivity index (χ0) is 28.4. The van der Waals surface area contributed by atoms with Crippen molar-refractivity contribution in [2.75, 3.05) is 31.2 Å². The van der Waals surface area contributed by atoms with Crippen molar-refractivity contribution >= 4 is 38.6 Å². The molecule has 1 fully saturated rings. The maximum Gasteiger partial charge on any atom is 0.303 e. The van der Waals surface area contributed by atoms with Crippen LogP contribution in [-0.4, -0.2) is 62.8 Å². The number of esters is 1. The largest absolute Gasteiger partial charge is 0.456 e. The van der Waals surface area contributed by atoms with Gasteiger partial charge in [0.2, 0.25) is 0 Å². The summed E-state index contributed by atoms with van der Waals surface area (Å²) in [6, 6.07) is 5.22. The topological polar surface area (TPSA) is 120 Å². The number of imidazole rings is 1. The highest BCUT2D eigenvalue weighted by Crippen LogP contribution is 2.32. The fraction of sp³-hybridized carbons (Fsp3) is 0.536. The molecule has 1 atom stereocenters. The number of hydrogen-bond acceptors (Lipinski definition) is 7. The van der Waals surface area contributed by atoms with E-state index in [-0.39, 0.29) is 23.0 Å². The molecule has 1 aromatic carbocycles. The van der Waals surface area contributed by atoms with Gasteiger partial charge in [-0.1, -0.05) is 32.9 Å². The molecule has 1 aromatic heterocycles.